The highest BCUT2D eigenvalue weighted by Crippen LogP contribution is 2.28. The maximum absolute atomic E-state index is 5.49. The van der Waals surface area contributed by atoms with E-state index in [0.717, 1.165) is 16.7 Å². The zero-order valence-corrected chi connectivity index (χ0v) is 9.68. The lowest BCUT2D eigenvalue weighted by Gasteiger charge is -2.10. The van der Waals surface area contributed by atoms with Gasteiger partial charge in [0.2, 0.25) is 0 Å². The van der Waals surface area contributed by atoms with Crippen molar-refractivity contribution in [2.24, 2.45) is 0 Å². The summed E-state index contributed by atoms with van der Waals surface area (Å²) in [6.45, 7) is 1.34. The van der Waals surface area contributed by atoms with E-state index >= 15 is 0 Å². The monoisotopic (exact) mass is 230 g/mol. The van der Waals surface area contributed by atoms with Crippen LogP contribution in [0.25, 0.3) is 10.8 Å². The lowest BCUT2D eigenvalue weighted by atomic mass is 10.1. The van der Waals surface area contributed by atoms with E-state index < -0.39 is 0 Å². The molecule has 0 aliphatic carbocycles. The maximum Gasteiger partial charge on any atom is 0.184 e. The van der Waals surface area contributed by atoms with Crippen molar-refractivity contribution in [2.45, 2.75) is 6.29 Å². The molecule has 0 atom stereocenters. The van der Waals surface area contributed by atoms with Crippen LogP contribution in [0.15, 0.2) is 36.4 Å². The Balaban J connectivity index is 2.01. The second kappa shape index (κ2) is 4.35. The van der Waals surface area contributed by atoms with Crippen molar-refractivity contribution in [1.29, 1.82) is 0 Å². The summed E-state index contributed by atoms with van der Waals surface area (Å²) in [5.41, 5.74) is 1.07. The minimum atomic E-state index is -0.207. The first-order valence-corrected chi connectivity index (χ1v) is 5.68. The second-order valence-corrected chi connectivity index (χ2v) is 4.05. The van der Waals surface area contributed by atoms with Crippen molar-refractivity contribution in [1.82, 2.24) is 0 Å². The van der Waals surface area contributed by atoms with Crippen molar-refractivity contribution in [3.63, 3.8) is 0 Å². The lowest BCUT2D eigenvalue weighted by molar-refractivity contribution is -0.0440. The maximum atomic E-state index is 5.49. The van der Waals surface area contributed by atoms with Crippen LogP contribution in [0.1, 0.15) is 11.9 Å². The summed E-state index contributed by atoms with van der Waals surface area (Å²) < 4.78 is 16.2. The predicted octanol–water partition coefficient (Wildman–Crippen LogP) is 2.89. The number of fused-ring (bicyclic) bond motifs is 1. The topological polar surface area (TPSA) is 27.7 Å². The van der Waals surface area contributed by atoms with E-state index in [2.05, 4.69) is 12.1 Å². The first-order valence-electron chi connectivity index (χ1n) is 5.68. The summed E-state index contributed by atoms with van der Waals surface area (Å²) in [6, 6.07) is 12.2. The Labute approximate surface area is 99.9 Å². The fraction of sp³-hybridized carbons (Fsp3) is 0.286. The Hall–Kier alpha value is -1.58. The number of methoxy groups -OCH3 is 1. The standard InChI is InChI=1S/C14H14O3/c1-15-13-5-4-10-8-12(3-2-11(10)9-13)14-16-6-7-17-14/h2-5,8-9,14H,6-7H2,1H3. The molecule has 0 amide bonds. The van der Waals surface area contributed by atoms with E-state index in [-0.39, 0.29) is 6.29 Å². The molecule has 88 valence electrons. The van der Waals surface area contributed by atoms with Gasteiger partial charge in [-0.2, -0.15) is 0 Å². The normalized spacial score (nSPS) is 16.5. The number of ether oxygens (including phenoxy) is 3. The molecule has 1 heterocycles. The molecule has 1 fully saturated rings. The number of hydrogen-bond acceptors (Lipinski definition) is 3. The van der Waals surface area contributed by atoms with Gasteiger partial charge in [-0.25, -0.2) is 0 Å². The Morgan fingerprint density at radius 3 is 2.47 bits per heavy atom. The van der Waals surface area contributed by atoms with Crippen molar-refractivity contribution in [3.8, 4) is 5.75 Å². The van der Waals surface area contributed by atoms with Gasteiger partial charge in [-0.05, 0) is 29.0 Å². The Morgan fingerprint density at radius 2 is 1.71 bits per heavy atom. The van der Waals surface area contributed by atoms with E-state index in [1.165, 1.54) is 5.39 Å². The third kappa shape index (κ3) is 1.99. The second-order valence-electron chi connectivity index (χ2n) is 4.05. The predicted molar refractivity (Wildman–Crippen MR) is 65.1 cm³/mol. The van der Waals surface area contributed by atoms with E-state index in [1.807, 2.05) is 24.3 Å². The highest BCUT2D eigenvalue weighted by Gasteiger charge is 2.18. The molecule has 0 unspecified atom stereocenters. The first kappa shape index (κ1) is 10.6. The van der Waals surface area contributed by atoms with Crippen LogP contribution in [-0.2, 0) is 9.47 Å². The molecular weight excluding hydrogens is 216 g/mol. The summed E-state index contributed by atoms with van der Waals surface area (Å²) in [7, 11) is 1.68. The van der Waals surface area contributed by atoms with Crippen LogP contribution in [0, 0.1) is 0 Å². The minimum Gasteiger partial charge on any atom is -0.497 e. The zero-order valence-electron chi connectivity index (χ0n) is 9.68. The molecule has 0 saturated carbocycles. The summed E-state index contributed by atoms with van der Waals surface area (Å²) in [5, 5.41) is 2.33. The number of rotatable bonds is 2. The molecule has 3 heteroatoms. The fourth-order valence-corrected chi connectivity index (χ4v) is 2.07. The van der Waals surface area contributed by atoms with E-state index in [0.29, 0.717) is 13.2 Å². The molecule has 1 aliphatic rings. The van der Waals surface area contributed by atoms with Crippen LogP contribution in [-0.4, -0.2) is 20.3 Å². The molecular formula is C14H14O3. The van der Waals surface area contributed by atoms with Crippen molar-refractivity contribution in [2.75, 3.05) is 20.3 Å². The van der Waals surface area contributed by atoms with Gasteiger partial charge in [-0.3, -0.25) is 0 Å². The van der Waals surface area contributed by atoms with E-state index in [9.17, 15) is 0 Å². The van der Waals surface area contributed by atoms with Crippen LogP contribution >= 0.6 is 0 Å². The Bertz CT molecular complexity index is 530. The van der Waals surface area contributed by atoms with Gasteiger partial charge in [-0.15, -0.1) is 0 Å². The molecule has 17 heavy (non-hydrogen) atoms. The molecule has 0 N–H and O–H groups in total. The number of benzene rings is 2. The average Bonchev–Trinajstić information content (AvgIpc) is 2.91. The van der Waals surface area contributed by atoms with Gasteiger partial charge in [0.05, 0.1) is 20.3 Å². The van der Waals surface area contributed by atoms with Crippen LogP contribution in [0.2, 0.25) is 0 Å². The highest BCUT2D eigenvalue weighted by molar-refractivity contribution is 5.84. The van der Waals surface area contributed by atoms with Crippen molar-refractivity contribution < 1.29 is 14.2 Å². The van der Waals surface area contributed by atoms with Gasteiger partial charge in [0, 0.05) is 5.56 Å². The largest absolute Gasteiger partial charge is 0.497 e. The molecule has 2 aromatic rings. The SMILES string of the molecule is COc1ccc2cc(C3OCCO3)ccc2c1. The van der Waals surface area contributed by atoms with E-state index in [4.69, 9.17) is 14.2 Å². The molecule has 1 saturated heterocycles. The van der Waals surface area contributed by atoms with Crippen molar-refractivity contribution in [3.05, 3.63) is 42.0 Å². The van der Waals surface area contributed by atoms with Crippen LogP contribution in [0.3, 0.4) is 0 Å². The minimum absolute atomic E-state index is 0.207. The zero-order chi connectivity index (χ0) is 11.7. The quantitative estimate of drug-likeness (QED) is 0.794. The summed E-state index contributed by atoms with van der Waals surface area (Å²) in [6.07, 6.45) is -0.207. The van der Waals surface area contributed by atoms with Gasteiger partial charge in [0.15, 0.2) is 6.29 Å². The van der Waals surface area contributed by atoms with Gasteiger partial charge >= 0.3 is 0 Å². The van der Waals surface area contributed by atoms with Gasteiger partial charge in [0.25, 0.3) is 0 Å². The molecule has 3 rings (SSSR count). The third-order valence-corrected chi connectivity index (χ3v) is 2.97. The van der Waals surface area contributed by atoms with Crippen LogP contribution < -0.4 is 4.74 Å². The molecule has 0 bridgehead atoms. The summed E-state index contributed by atoms with van der Waals surface area (Å²) >= 11 is 0. The van der Waals surface area contributed by atoms with Gasteiger partial charge in [0.1, 0.15) is 5.75 Å². The molecule has 0 spiro atoms. The van der Waals surface area contributed by atoms with Crippen molar-refractivity contribution >= 4 is 10.8 Å². The van der Waals surface area contributed by atoms with Gasteiger partial charge in [-0.1, -0.05) is 18.2 Å². The molecule has 0 radical (unpaired) electrons. The average molecular weight is 230 g/mol. The first-order chi connectivity index (χ1) is 8.36. The highest BCUT2D eigenvalue weighted by atomic mass is 16.7. The molecule has 3 nitrogen and oxygen atoms in total. The number of hydrogen-bond donors (Lipinski definition) is 0. The fourth-order valence-electron chi connectivity index (χ4n) is 2.07. The Morgan fingerprint density at radius 1 is 1.00 bits per heavy atom. The van der Waals surface area contributed by atoms with Crippen LogP contribution in [0.4, 0.5) is 0 Å². The molecule has 0 aromatic heterocycles. The van der Waals surface area contributed by atoms with Crippen LogP contribution in [0.5, 0.6) is 5.75 Å². The molecule has 1 aliphatic heterocycles. The van der Waals surface area contributed by atoms with Gasteiger partial charge < -0.3 is 14.2 Å². The summed E-state index contributed by atoms with van der Waals surface area (Å²) in [5.74, 6) is 0.874. The summed E-state index contributed by atoms with van der Waals surface area (Å²) in [4.78, 5) is 0. The third-order valence-electron chi connectivity index (χ3n) is 2.97. The Kier molecular flexibility index (Phi) is 2.71. The molecule has 2 aromatic carbocycles. The lowest BCUT2D eigenvalue weighted by Crippen LogP contribution is -1.97. The smallest absolute Gasteiger partial charge is 0.184 e. The van der Waals surface area contributed by atoms with E-state index in [1.54, 1.807) is 7.11 Å².